The summed E-state index contributed by atoms with van der Waals surface area (Å²) in [5.74, 6) is 2.38. The van der Waals surface area contributed by atoms with Crippen LogP contribution in [0.2, 0.25) is 0 Å². The van der Waals surface area contributed by atoms with Crippen LogP contribution in [-0.2, 0) is 6.54 Å². The van der Waals surface area contributed by atoms with Gasteiger partial charge in [0.15, 0.2) is 17.5 Å². The van der Waals surface area contributed by atoms with Crippen LogP contribution in [0.15, 0.2) is 23.2 Å². The predicted molar refractivity (Wildman–Crippen MR) is 107 cm³/mol. The van der Waals surface area contributed by atoms with E-state index in [0.29, 0.717) is 13.2 Å². The number of hydrogen-bond acceptors (Lipinski definition) is 4. The fraction of sp³-hybridized carbons (Fsp3) is 0.650. The summed E-state index contributed by atoms with van der Waals surface area (Å²) in [6, 6.07) is 5.98. The van der Waals surface area contributed by atoms with Crippen molar-refractivity contribution in [1.29, 1.82) is 0 Å². The molecule has 0 aromatic heterocycles. The molecule has 0 saturated carbocycles. The van der Waals surface area contributed by atoms with Gasteiger partial charge < -0.3 is 25.0 Å². The van der Waals surface area contributed by atoms with Gasteiger partial charge in [0.05, 0.1) is 20.3 Å². The Kier molecular flexibility index (Phi) is 9.10. The van der Waals surface area contributed by atoms with Gasteiger partial charge in [-0.2, -0.15) is 0 Å². The Morgan fingerprint density at radius 1 is 1.12 bits per heavy atom. The van der Waals surface area contributed by atoms with Crippen molar-refractivity contribution >= 4 is 5.96 Å². The molecule has 0 aliphatic carbocycles. The molecule has 0 spiro atoms. The fourth-order valence-electron chi connectivity index (χ4n) is 3.11. The van der Waals surface area contributed by atoms with Crippen LogP contribution in [0.25, 0.3) is 0 Å². The summed E-state index contributed by atoms with van der Waals surface area (Å²) in [6.07, 6.45) is 4.03. The van der Waals surface area contributed by atoms with Crippen LogP contribution in [0.1, 0.15) is 38.7 Å². The summed E-state index contributed by atoms with van der Waals surface area (Å²) >= 11 is 0. The molecule has 0 bridgehead atoms. The van der Waals surface area contributed by atoms with Crippen LogP contribution in [0, 0.1) is 0 Å². The average Bonchev–Trinajstić information content (AvgIpc) is 2.68. The molecule has 1 aliphatic rings. The summed E-state index contributed by atoms with van der Waals surface area (Å²) in [4.78, 5) is 7.22. The monoisotopic (exact) mass is 362 g/mol. The van der Waals surface area contributed by atoms with Crippen molar-refractivity contribution in [2.24, 2.45) is 4.99 Å². The molecule has 1 aromatic carbocycles. The number of hydrogen-bond donors (Lipinski definition) is 2. The lowest BCUT2D eigenvalue weighted by Gasteiger charge is -2.26. The van der Waals surface area contributed by atoms with Gasteiger partial charge in [-0.1, -0.05) is 12.5 Å². The quantitative estimate of drug-likeness (QED) is 0.522. The molecule has 6 nitrogen and oxygen atoms in total. The molecule has 0 unspecified atom stereocenters. The van der Waals surface area contributed by atoms with Crippen molar-refractivity contribution < 1.29 is 9.47 Å². The first-order valence-corrected chi connectivity index (χ1v) is 9.81. The van der Waals surface area contributed by atoms with Crippen LogP contribution in [0.3, 0.4) is 0 Å². The van der Waals surface area contributed by atoms with Gasteiger partial charge in [0.25, 0.3) is 0 Å². The molecule has 1 aromatic rings. The lowest BCUT2D eigenvalue weighted by molar-refractivity contribution is 0.232. The highest BCUT2D eigenvalue weighted by Gasteiger charge is 2.09. The summed E-state index contributed by atoms with van der Waals surface area (Å²) in [5, 5.41) is 6.76. The highest BCUT2D eigenvalue weighted by molar-refractivity contribution is 5.79. The van der Waals surface area contributed by atoms with Crippen molar-refractivity contribution in [2.45, 2.75) is 39.7 Å². The molecule has 2 N–H and O–H groups in total. The smallest absolute Gasteiger partial charge is 0.191 e. The Morgan fingerprint density at radius 3 is 2.62 bits per heavy atom. The first-order chi connectivity index (χ1) is 12.8. The zero-order valence-corrected chi connectivity index (χ0v) is 16.5. The zero-order chi connectivity index (χ0) is 18.6. The van der Waals surface area contributed by atoms with Crippen molar-refractivity contribution in [3.8, 4) is 11.5 Å². The van der Waals surface area contributed by atoms with Gasteiger partial charge in [-0.15, -0.1) is 0 Å². The van der Waals surface area contributed by atoms with Crippen LogP contribution in [-0.4, -0.2) is 57.3 Å². The number of piperidine rings is 1. The summed E-state index contributed by atoms with van der Waals surface area (Å²) < 4.78 is 11.0. The molecular weight excluding hydrogens is 328 g/mol. The number of nitrogens with zero attached hydrogens (tertiary/aromatic N) is 2. The van der Waals surface area contributed by atoms with Crippen LogP contribution < -0.4 is 20.1 Å². The van der Waals surface area contributed by atoms with E-state index in [1.165, 1.54) is 32.4 Å². The van der Waals surface area contributed by atoms with Gasteiger partial charge in [0.2, 0.25) is 0 Å². The third kappa shape index (κ3) is 6.75. The van der Waals surface area contributed by atoms with Crippen molar-refractivity contribution in [3.05, 3.63) is 23.8 Å². The van der Waals surface area contributed by atoms with E-state index in [2.05, 4.69) is 22.5 Å². The van der Waals surface area contributed by atoms with E-state index >= 15 is 0 Å². The topological polar surface area (TPSA) is 58.1 Å². The summed E-state index contributed by atoms with van der Waals surface area (Å²) in [6.45, 7) is 10.6. The minimum atomic E-state index is 0.599. The number of benzene rings is 1. The Bertz CT molecular complexity index is 557. The molecule has 0 amide bonds. The molecule has 26 heavy (non-hydrogen) atoms. The molecule has 1 fully saturated rings. The number of methoxy groups -OCH3 is 1. The number of ether oxygens (including phenoxy) is 2. The lowest BCUT2D eigenvalue weighted by Crippen LogP contribution is -2.42. The minimum absolute atomic E-state index is 0.599. The highest BCUT2D eigenvalue weighted by Crippen LogP contribution is 2.28. The molecule has 146 valence electrons. The molecule has 0 radical (unpaired) electrons. The third-order valence-electron chi connectivity index (χ3n) is 4.46. The number of nitrogens with one attached hydrogen (secondary N) is 2. The van der Waals surface area contributed by atoms with E-state index in [0.717, 1.165) is 42.7 Å². The Morgan fingerprint density at radius 2 is 1.92 bits per heavy atom. The predicted octanol–water partition coefficient (Wildman–Crippen LogP) is 2.63. The SMILES string of the molecule is CCNC(=NCc1ccc(OCC)c(OC)c1)NCCN1CCCCC1. The number of likely N-dealkylation sites (tertiary alicyclic amines) is 1. The van der Waals surface area contributed by atoms with E-state index < -0.39 is 0 Å². The van der Waals surface area contributed by atoms with Gasteiger partial charge in [-0.05, 0) is 57.5 Å². The average molecular weight is 363 g/mol. The molecular formula is C20H34N4O2. The Balaban J connectivity index is 1.88. The highest BCUT2D eigenvalue weighted by atomic mass is 16.5. The van der Waals surface area contributed by atoms with Crippen molar-refractivity contribution in [1.82, 2.24) is 15.5 Å². The van der Waals surface area contributed by atoms with Gasteiger partial charge in [0, 0.05) is 19.6 Å². The Hall–Kier alpha value is -1.95. The van der Waals surface area contributed by atoms with Gasteiger partial charge in [-0.25, -0.2) is 4.99 Å². The van der Waals surface area contributed by atoms with E-state index in [1.54, 1.807) is 7.11 Å². The largest absolute Gasteiger partial charge is 0.493 e. The lowest BCUT2D eigenvalue weighted by atomic mass is 10.1. The van der Waals surface area contributed by atoms with Crippen molar-refractivity contribution in [3.63, 3.8) is 0 Å². The summed E-state index contributed by atoms with van der Waals surface area (Å²) in [7, 11) is 1.66. The molecule has 1 aliphatic heterocycles. The summed E-state index contributed by atoms with van der Waals surface area (Å²) in [5.41, 5.74) is 1.10. The van der Waals surface area contributed by atoms with E-state index in [9.17, 15) is 0 Å². The van der Waals surface area contributed by atoms with Crippen LogP contribution in [0.4, 0.5) is 0 Å². The second kappa shape index (κ2) is 11.6. The van der Waals surface area contributed by atoms with Gasteiger partial charge in [-0.3, -0.25) is 0 Å². The normalized spacial score (nSPS) is 15.6. The third-order valence-corrected chi connectivity index (χ3v) is 4.46. The van der Waals surface area contributed by atoms with E-state index in [-0.39, 0.29) is 0 Å². The number of aliphatic imine (C=N–C) groups is 1. The van der Waals surface area contributed by atoms with Crippen molar-refractivity contribution in [2.75, 3.05) is 46.4 Å². The van der Waals surface area contributed by atoms with Crippen LogP contribution in [0.5, 0.6) is 11.5 Å². The second-order valence-corrected chi connectivity index (χ2v) is 6.44. The Labute approximate surface area is 158 Å². The maximum Gasteiger partial charge on any atom is 0.191 e. The molecule has 2 rings (SSSR count). The van der Waals surface area contributed by atoms with Gasteiger partial charge >= 0.3 is 0 Å². The molecule has 0 atom stereocenters. The molecule has 1 heterocycles. The second-order valence-electron chi connectivity index (χ2n) is 6.44. The zero-order valence-electron chi connectivity index (χ0n) is 16.5. The minimum Gasteiger partial charge on any atom is -0.493 e. The van der Waals surface area contributed by atoms with E-state index in [1.807, 2.05) is 25.1 Å². The molecule has 6 heteroatoms. The standard InChI is InChI=1S/C20H34N4O2/c1-4-21-20(22-11-14-24-12-7-6-8-13-24)23-16-17-9-10-18(26-5-2)19(15-17)25-3/h9-10,15H,4-8,11-14,16H2,1-3H3,(H2,21,22,23). The number of guanidine groups is 1. The van der Waals surface area contributed by atoms with Gasteiger partial charge in [0.1, 0.15) is 0 Å². The maximum atomic E-state index is 5.57. The fourth-order valence-corrected chi connectivity index (χ4v) is 3.11. The number of rotatable bonds is 9. The van der Waals surface area contributed by atoms with Crippen LogP contribution >= 0.6 is 0 Å². The first-order valence-electron chi connectivity index (χ1n) is 9.81. The maximum absolute atomic E-state index is 5.57. The molecule has 1 saturated heterocycles. The first kappa shape index (κ1) is 20.4. The van der Waals surface area contributed by atoms with E-state index in [4.69, 9.17) is 14.5 Å².